The highest BCUT2D eigenvalue weighted by molar-refractivity contribution is 9.11. The van der Waals surface area contributed by atoms with Crippen LogP contribution < -0.4 is 10.1 Å². The van der Waals surface area contributed by atoms with E-state index in [9.17, 15) is 4.79 Å². The molecule has 5 heteroatoms. The molecule has 0 fully saturated rings. The number of hydrogen-bond acceptors (Lipinski definition) is 2. The van der Waals surface area contributed by atoms with Crippen LogP contribution in [0.25, 0.3) is 0 Å². The van der Waals surface area contributed by atoms with Gasteiger partial charge < -0.3 is 10.1 Å². The summed E-state index contributed by atoms with van der Waals surface area (Å²) in [5.74, 6) is 0.552. The van der Waals surface area contributed by atoms with Gasteiger partial charge in [-0.3, -0.25) is 4.79 Å². The Kier molecular flexibility index (Phi) is 3.95. The number of hydrogen-bond donors (Lipinski definition) is 1. The van der Waals surface area contributed by atoms with Crippen LogP contribution in [0.1, 0.15) is 6.92 Å². The number of carbonyl (C=O) groups is 1. The molecule has 1 N–H and O–H groups in total. The second-order valence-corrected chi connectivity index (χ2v) is 4.27. The summed E-state index contributed by atoms with van der Waals surface area (Å²) in [4.78, 5) is 10.9. The lowest BCUT2D eigenvalue weighted by Gasteiger charge is -2.11. The number of carbonyl (C=O) groups excluding carboxylic acids is 1. The van der Waals surface area contributed by atoms with E-state index in [1.807, 2.05) is 6.07 Å². The molecule has 3 nitrogen and oxygen atoms in total. The maximum absolute atomic E-state index is 10.9. The zero-order valence-corrected chi connectivity index (χ0v) is 10.9. The third-order valence-corrected chi connectivity index (χ3v) is 3.02. The van der Waals surface area contributed by atoms with Crippen molar-refractivity contribution >= 4 is 43.5 Å². The van der Waals surface area contributed by atoms with E-state index in [4.69, 9.17) is 4.74 Å². The lowest BCUT2D eigenvalue weighted by molar-refractivity contribution is -0.114. The van der Waals surface area contributed by atoms with Gasteiger partial charge in [0.25, 0.3) is 0 Å². The molecular formula is C9H9Br2NO2. The van der Waals surface area contributed by atoms with Gasteiger partial charge in [0.05, 0.1) is 17.3 Å². The van der Waals surface area contributed by atoms with Gasteiger partial charge in [0.2, 0.25) is 5.91 Å². The van der Waals surface area contributed by atoms with Crippen molar-refractivity contribution in [2.24, 2.45) is 0 Å². The summed E-state index contributed by atoms with van der Waals surface area (Å²) in [6.07, 6.45) is 0. The minimum absolute atomic E-state index is 0.125. The Morgan fingerprint density at radius 3 is 2.57 bits per heavy atom. The van der Waals surface area contributed by atoms with E-state index in [0.717, 1.165) is 8.95 Å². The fourth-order valence-corrected chi connectivity index (χ4v) is 2.28. The monoisotopic (exact) mass is 321 g/mol. The first-order valence-corrected chi connectivity index (χ1v) is 5.44. The van der Waals surface area contributed by atoms with Crippen molar-refractivity contribution in [3.63, 3.8) is 0 Å². The molecule has 1 rings (SSSR count). The van der Waals surface area contributed by atoms with Crippen LogP contribution in [-0.4, -0.2) is 13.0 Å². The second-order valence-electron chi connectivity index (χ2n) is 2.62. The van der Waals surface area contributed by atoms with Crippen LogP contribution in [0.3, 0.4) is 0 Å². The highest BCUT2D eigenvalue weighted by Gasteiger charge is 2.10. The average Bonchev–Trinajstić information content (AvgIpc) is 2.12. The molecule has 76 valence electrons. The van der Waals surface area contributed by atoms with Crippen molar-refractivity contribution in [1.29, 1.82) is 0 Å². The summed E-state index contributed by atoms with van der Waals surface area (Å²) in [5, 5.41) is 2.70. The van der Waals surface area contributed by atoms with Crippen LogP contribution >= 0.6 is 31.9 Å². The number of rotatable bonds is 2. The van der Waals surface area contributed by atoms with Gasteiger partial charge >= 0.3 is 0 Å². The van der Waals surface area contributed by atoms with Gasteiger partial charge in [-0.05, 0) is 44.0 Å². The third-order valence-electron chi connectivity index (χ3n) is 1.58. The van der Waals surface area contributed by atoms with E-state index in [2.05, 4.69) is 37.2 Å². The predicted molar refractivity (Wildman–Crippen MR) is 62.7 cm³/mol. The Balaban J connectivity index is 3.18. The fraction of sp³-hybridized carbons (Fsp3) is 0.222. The van der Waals surface area contributed by atoms with Crippen molar-refractivity contribution in [1.82, 2.24) is 0 Å². The highest BCUT2D eigenvalue weighted by Crippen LogP contribution is 2.37. The van der Waals surface area contributed by atoms with Crippen LogP contribution in [0.5, 0.6) is 5.75 Å². The minimum atomic E-state index is -0.125. The van der Waals surface area contributed by atoms with Crippen LogP contribution in [0.2, 0.25) is 0 Å². The van der Waals surface area contributed by atoms with Crippen molar-refractivity contribution in [3.05, 3.63) is 21.1 Å². The molecule has 0 aliphatic carbocycles. The Bertz CT molecular complexity index is 366. The molecule has 0 radical (unpaired) electrons. The lowest BCUT2D eigenvalue weighted by Crippen LogP contribution is -2.07. The van der Waals surface area contributed by atoms with Crippen molar-refractivity contribution < 1.29 is 9.53 Å². The van der Waals surface area contributed by atoms with Gasteiger partial charge in [-0.1, -0.05) is 0 Å². The first-order chi connectivity index (χ1) is 6.56. The Morgan fingerprint density at radius 2 is 2.07 bits per heavy atom. The van der Waals surface area contributed by atoms with E-state index in [1.165, 1.54) is 6.92 Å². The lowest BCUT2D eigenvalue weighted by atomic mass is 10.3. The zero-order valence-electron chi connectivity index (χ0n) is 7.73. The molecule has 14 heavy (non-hydrogen) atoms. The first-order valence-electron chi connectivity index (χ1n) is 3.86. The van der Waals surface area contributed by atoms with Gasteiger partial charge in [-0.2, -0.15) is 0 Å². The van der Waals surface area contributed by atoms with Crippen LogP contribution in [0.15, 0.2) is 21.1 Å². The zero-order chi connectivity index (χ0) is 10.7. The molecule has 0 spiro atoms. The number of ether oxygens (including phenoxy) is 1. The third kappa shape index (κ3) is 2.48. The number of benzene rings is 1. The Morgan fingerprint density at radius 1 is 1.43 bits per heavy atom. The molecule has 0 aromatic heterocycles. The van der Waals surface area contributed by atoms with Crippen molar-refractivity contribution in [3.8, 4) is 5.75 Å². The Labute approximate surface area is 99.1 Å². The van der Waals surface area contributed by atoms with E-state index in [0.29, 0.717) is 11.4 Å². The molecule has 1 amide bonds. The summed E-state index contributed by atoms with van der Waals surface area (Å²) in [6.45, 7) is 1.46. The molecule has 0 saturated carbocycles. The quantitative estimate of drug-likeness (QED) is 0.908. The smallest absolute Gasteiger partial charge is 0.221 e. The standard InChI is InChI=1S/C9H9Br2NO2/c1-5(13)12-9-6(10)3-4-7(14-2)8(9)11/h3-4H,1-2H3,(H,12,13). The maximum Gasteiger partial charge on any atom is 0.221 e. The molecule has 0 unspecified atom stereocenters. The summed E-state index contributed by atoms with van der Waals surface area (Å²) < 4.78 is 6.64. The van der Waals surface area contributed by atoms with Crippen LogP contribution in [0, 0.1) is 0 Å². The van der Waals surface area contributed by atoms with E-state index in [-0.39, 0.29) is 5.91 Å². The predicted octanol–water partition coefficient (Wildman–Crippen LogP) is 3.18. The van der Waals surface area contributed by atoms with Crippen molar-refractivity contribution in [2.75, 3.05) is 12.4 Å². The summed E-state index contributed by atoms with van der Waals surface area (Å²) in [6, 6.07) is 3.62. The van der Waals surface area contributed by atoms with Crippen LogP contribution in [0.4, 0.5) is 5.69 Å². The normalized spacial score (nSPS) is 9.71. The summed E-state index contributed by atoms with van der Waals surface area (Å²) in [7, 11) is 1.57. The second kappa shape index (κ2) is 4.79. The molecule has 1 aromatic carbocycles. The SMILES string of the molecule is COc1ccc(Br)c(NC(C)=O)c1Br. The maximum atomic E-state index is 10.9. The molecule has 0 bridgehead atoms. The van der Waals surface area contributed by atoms with Gasteiger partial charge in [0.1, 0.15) is 5.75 Å². The number of halogens is 2. The Hall–Kier alpha value is -0.550. The number of amides is 1. The number of nitrogens with one attached hydrogen (secondary N) is 1. The molecule has 0 aliphatic rings. The average molecular weight is 323 g/mol. The molecular weight excluding hydrogens is 314 g/mol. The largest absolute Gasteiger partial charge is 0.495 e. The molecule has 0 aliphatic heterocycles. The van der Waals surface area contributed by atoms with Crippen molar-refractivity contribution in [2.45, 2.75) is 6.92 Å². The molecule has 0 atom stereocenters. The fourth-order valence-electron chi connectivity index (χ4n) is 0.982. The number of anilines is 1. The molecule has 0 heterocycles. The number of methoxy groups -OCH3 is 1. The highest BCUT2D eigenvalue weighted by atomic mass is 79.9. The molecule has 1 aromatic rings. The topological polar surface area (TPSA) is 38.3 Å². The van der Waals surface area contributed by atoms with Gasteiger partial charge in [0.15, 0.2) is 0 Å². The summed E-state index contributed by atoms with van der Waals surface area (Å²) in [5.41, 5.74) is 0.678. The van der Waals surface area contributed by atoms with Gasteiger partial charge in [-0.15, -0.1) is 0 Å². The van der Waals surface area contributed by atoms with Crippen LogP contribution in [-0.2, 0) is 4.79 Å². The van der Waals surface area contributed by atoms with E-state index in [1.54, 1.807) is 13.2 Å². The van der Waals surface area contributed by atoms with E-state index < -0.39 is 0 Å². The summed E-state index contributed by atoms with van der Waals surface area (Å²) >= 11 is 6.69. The van der Waals surface area contributed by atoms with E-state index >= 15 is 0 Å². The van der Waals surface area contributed by atoms with Gasteiger partial charge in [-0.25, -0.2) is 0 Å². The first kappa shape index (κ1) is 11.5. The van der Waals surface area contributed by atoms with Gasteiger partial charge in [0, 0.05) is 11.4 Å². The molecule has 0 saturated heterocycles. The minimum Gasteiger partial charge on any atom is -0.495 e.